The predicted octanol–water partition coefficient (Wildman–Crippen LogP) is 3.61. The largest absolute Gasteiger partial charge is 0.433 e. The van der Waals surface area contributed by atoms with Crippen LogP contribution >= 0.6 is 0 Å². The average molecular weight is 293 g/mol. The van der Waals surface area contributed by atoms with E-state index in [1.54, 1.807) is 25.1 Å². The first-order chi connectivity index (χ1) is 9.99. The summed E-state index contributed by atoms with van der Waals surface area (Å²) in [6.07, 6.45) is 0. The lowest BCUT2D eigenvalue weighted by Crippen LogP contribution is -2.30. The van der Waals surface area contributed by atoms with Crippen molar-refractivity contribution in [2.24, 2.45) is 0 Å². The van der Waals surface area contributed by atoms with Crippen molar-refractivity contribution in [3.8, 4) is 5.75 Å². The number of ether oxygens (including phenoxy) is 1. The van der Waals surface area contributed by atoms with Crippen LogP contribution in [0.15, 0.2) is 54.6 Å². The van der Waals surface area contributed by atoms with Crippen LogP contribution in [-0.4, -0.2) is 18.3 Å². The molecule has 0 bridgehead atoms. The standard InChI is InChI=1S/C16H17F2NO2/c1-16(20,12-7-3-2-4-8-12)11-19-13-9-5-6-10-14(13)21-15(17)18/h2-10,15,19-20H,11H2,1H3. The van der Waals surface area contributed by atoms with Gasteiger partial charge in [0.15, 0.2) is 0 Å². The molecule has 0 spiro atoms. The molecule has 0 saturated heterocycles. The van der Waals surface area contributed by atoms with Crippen LogP contribution < -0.4 is 10.1 Å². The molecule has 0 amide bonds. The molecule has 1 unspecified atom stereocenters. The van der Waals surface area contributed by atoms with Gasteiger partial charge in [0.1, 0.15) is 11.4 Å². The quantitative estimate of drug-likeness (QED) is 0.855. The molecule has 2 N–H and O–H groups in total. The van der Waals surface area contributed by atoms with Crippen molar-refractivity contribution in [1.29, 1.82) is 0 Å². The monoisotopic (exact) mass is 293 g/mol. The molecule has 0 aliphatic carbocycles. The molecule has 1 atom stereocenters. The van der Waals surface area contributed by atoms with E-state index in [9.17, 15) is 13.9 Å². The molecular weight excluding hydrogens is 276 g/mol. The molecule has 0 aliphatic rings. The van der Waals surface area contributed by atoms with E-state index in [4.69, 9.17) is 0 Å². The molecule has 21 heavy (non-hydrogen) atoms. The van der Waals surface area contributed by atoms with Crippen LogP contribution in [0.25, 0.3) is 0 Å². The van der Waals surface area contributed by atoms with E-state index >= 15 is 0 Å². The third-order valence-electron chi connectivity index (χ3n) is 3.12. The van der Waals surface area contributed by atoms with Gasteiger partial charge in [-0.25, -0.2) is 0 Å². The maximum Gasteiger partial charge on any atom is 0.387 e. The molecule has 3 nitrogen and oxygen atoms in total. The van der Waals surface area contributed by atoms with E-state index in [0.29, 0.717) is 5.69 Å². The summed E-state index contributed by atoms with van der Waals surface area (Å²) in [7, 11) is 0. The zero-order valence-electron chi connectivity index (χ0n) is 11.6. The van der Waals surface area contributed by atoms with Crippen molar-refractivity contribution in [1.82, 2.24) is 0 Å². The van der Waals surface area contributed by atoms with Gasteiger partial charge in [0, 0.05) is 6.54 Å². The highest BCUT2D eigenvalue weighted by molar-refractivity contribution is 5.56. The van der Waals surface area contributed by atoms with Crippen molar-refractivity contribution in [3.05, 3.63) is 60.2 Å². The summed E-state index contributed by atoms with van der Waals surface area (Å²) in [4.78, 5) is 0. The summed E-state index contributed by atoms with van der Waals surface area (Å²) in [5.74, 6) is 0.0522. The lowest BCUT2D eigenvalue weighted by molar-refractivity contribution is -0.0493. The fourth-order valence-corrected chi connectivity index (χ4v) is 1.98. The Balaban J connectivity index is 2.09. The van der Waals surface area contributed by atoms with Gasteiger partial charge >= 0.3 is 6.61 Å². The Hall–Kier alpha value is -2.14. The Morgan fingerprint density at radius 2 is 1.71 bits per heavy atom. The zero-order valence-corrected chi connectivity index (χ0v) is 11.6. The first kappa shape index (κ1) is 15.3. The maximum absolute atomic E-state index is 12.3. The molecule has 112 valence electrons. The molecule has 0 aliphatic heterocycles. The molecule has 0 aromatic heterocycles. The van der Waals surface area contributed by atoms with Crippen molar-refractivity contribution in [2.45, 2.75) is 19.1 Å². The smallest absolute Gasteiger partial charge is 0.387 e. The topological polar surface area (TPSA) is 41.5 Å². The molecule has 0 saturated carbocycles. The van der Waals surface area contributed by atoms with Gasteiger partial charge < -0.3 is 15.2 Å². The third-order valence-corrected chi connectivity index (χ3v) is 3.12. The average Bonchev–Trinajstić information content (AvgIpc) is 2.47. The molecule has 2 rings (SSSR count). The highest BCUT2D eigenvalue weighted by Gasteiger charge is 2.23. The lowest BCUT2D eigenvalue weighted by Gasteiger charge is -2.25. The number of alkyl halides is 2. The number of benzene rings is 2. The summed E-state index contributed by atoms with van der Waals surface area (Å²) in [5, 5.41) is 13.4. The summed E-state index contributed by atoms with van der Waals surface area (Å²) in [5.41, 5.74) is 0.0258. The third kappa shape index (κ3) is 4.16. The van der Waals surface area contributed by atoms with Crippen molar-refractivity contribution in [3.63, 3.8) is 0 Å². The number of halogens is 2. The zero-order chi connectivity index (χ0) is 15.3. The Labute approximate surface area is 122 Å². The SMILES string of the molecule is CC(O)(CNc1ccccc1OC(F)F)c1ccccc1. The highest BCUT2D eigenvalue weighted by atomic mass is 19.3. The fourth-order valence-electron chi connectivity index (χ4n) is 1.98. The molecule has 0 radical (unpaired) electrons. The van der Waals surface area contributed by atoms with E-state index in [1.165, 1.54) is 6.07 Å². The number of aliphatic hydroxyl groups is 1. The second kappa shape index (κ2) is 6.54. The summed E-state index contributed by atoms with van der Waals surface area (Å²) in [6, 6.07) is 15.5. The second-order valence-corrected chi connectivity index (χ2v) is 4.87. The van der Waals surface area contributed by atoms with Crippen LogP contribution in [-0.2, 0) is 5.60 Å². The van der Waals surface area contributed by atoms with Gasteiger partial charge in [-0.1, -0.05) is 42.5 Å². The molecule has 5 heteroatoms. The molecular formula is C16H17F2NO2. The van der Waals surface area contributed by atoms with Gasteiger partial charge in [-0.15, -0.1) is 0 Å². The van der Waals surface area contributed by atoms with Crippen molar-refractivity contribution in [2.75, 3.05) is 11.9 Å². The van der Waals surface area contributed by atoms with Crippen LogP contribution in [0.1, 0.15) is 12.5 Å². The molecule has 0 fully saturated rings. The minimum absolute atomic E-state index is 0.0522. The van der Waals surface area contributed by atoms with Crippen LogP contribution in [0, 0.1) is 0 Å². The van der Waals surface area contributed by atoms with Crippen LogP contribution in [0.2, 0.25) is 0 Å². The normalized spacial score (nSPS) is 13.8. The lowest BCUT2D eigenvalue weighted by atomic mass is 9.96. The van der Waals surface area contributed by atoms with Gasteiger partial charge in [0.2, 0.25) is 0 Å². The number of hydrogen-bond acceptors (Lipinski definition) is 3. The number of hydrogen-bond donors (Lipinski definition) is 2. The first-order valence-corrected chi connectivity index (χ1v) is 6.55. The van der Waals surface area contributed by atoms with E-state index in [1.807, 2.05) is 30.3 Å². The highest BCUT2D eigenvalue weighted by Crippen LogP contribution is 2.27. The second-order valence-electron chi connectivity index (χ2n) is 4.87. The van der Waals surface area contributed by atoms with Gasteiger partial charge in [0.25, 0.3) is 0 Å². The van der Waals surface area contributed by atoms with E-state index in [-0.39, 0.29) is 12.3 Å². The number of nitrogens with one attached hydrogen (secondary N) is 1. The molecule has 0 heterocycles. The minimum atomic E-state index is -2.89. The Morgan fingerprint density at radius 3 is 2.38 bits per heavy atom. The van der Waals surface area contributed by atoms with E-state index in [2.05, 4.69) is 10.1 Å². The maximum atomic E-state index is 12.3. The van der Waals surface area contributed by atoms with E-state index < -0.39 is 12.2 Å². The van der Waals surface area contributed by atoms with Gasteiger partial charge in [-0.2, -0.15) is 8.78 Å². The first-order valence-electron chi connectivity index (χ1n) is 6.55. The van der Waals surface area contributed by atoms with E-state index in [0.717, 1.165) is 5.56 Å². The fraction of sp³-hybridized carbons (Fsp3) is 0.250. The van der Waals surface area contributed by atoms with Gasteiger partial charge in [-0.05, 0) is 24.6 Å². The van der Waals surface area contributed by atoms with Gasteiger partial charge in [-0.3, -0.25) is 0 Å². The van der Waals surface area contributed by atoms with Crippen LogP contribution in [0.5, 0.6) is 5.75 Å². The molecule has 2 aromatic rings. The minimum Gasteiger partial charge on any atom is -0.433 e. The molecule has 2 aromatic carbocycles. The Bertz CT molecular complexity index is 573. The summed E-state index contributed by atoms with van der Waals surface area (Å²) >= 11 is 0. The Kier molecular flexibility index (Phi) is 4.75. The Morgan fingerprint density at radius 1 is 1.10 bits per heavy atom. The number of rotatable bonds is 6. The predicted molar refractivity (Wildman–Crippen MR) is 77.6 cm³/mol. The van der Waals surface area contributed by atoms with Crippen molar-refractivity contribution < 1.29 is 18.6 Å². The summed E-state index contributed by atoms with van der Waals surface area (Å²) in [6.45, 7) is -1.06. The summed E-state index contributed by atoms with van der Waals surface area (Å²) < 4.78 is 29.1. The number of anilines is 1. The van der Waals surface area contributed by atoms with Crippen LogP contribution in [0.4, 0.5) is 14.5 Å². The van der Waals surface area contributed by atoms with Gasteiger partial charge in [0.05, 0.1) is 5.69 Å². The number of para-hydroxylation sites is 2. The van der Waals surface area contributed by atoms with Crippen LogP contribution in [0.3, 0.4) is 0 Å². The van der Waals surface area contributed by atoms with Crippen molar-refractivity contribution >= 4 is 5.69 Å².